The topological polar surface area (TPSA) is 84.7 Å². The molecule has 8 heteroatoms. The number of nitrogens with one attached hydrogen (secondary N) is 2. The zero-order chi connectivity index (χ0) is 15.5. The van der Waals surface area contributed by atoms with Gasteiger partial charge in [0, 0.05) is 12.2 Å². The molecule has 22 heavy (non-hydrogen) atoms. The number of fused-ring (bicyclic) bond motifs is 1. The number of hydrogen-bond acceptors (Lipinski definition) is 5. The van der Waals surface area contributed by atoms with Crippen LogP contribution in [-0.4, -0.2) is 26.0 Å². The minimum Gasteiger partial charge on any atom is -0.332 e. The van der Waals surface area contributed by atoms with Crippen molar-refractivity contribution in [2.24, 2.45) is 0 Å². The van der Waals surface area contributed by atoms with Gasteiger partial charge in [-0.2, -0.15) is 0 Å². The SMILES string of the molecule is CCn1nncc1CNC(=O)Nc1ccc2sc(C)nc2c1. The maximum absolute atomic E-state index is 12.0. The summed E-state index contributed by atoms with van der Waals surface area (Å²) in [6.45, 7) is 5.04. The number of nitrogens with zero attached hydrogens (tertiary/aromatic N) is 4. The number of aromatic nitrogens is 4. The van der Waals surface area contributed by atoms with Gasteiger partial charge < -0.3 is 10.6 Å². The molecule has 0 radical (unpaired) electrons. The Kier molecular flexibility index (Phi) is 4.01. The molecule has 114 valence electrons. The summed E-state index contributed by atoms with van der Waals surface area (Å²) in [5, 5.41) is 14.4. The Bertz CT molecular complexity index is 809. The molecule has 0 atom stereocenters. The minimum atomic E-state index is -0.268. The number of anilines is 1. The van der Waals surface area contributed by atoms with Crippen LogP contribution < -0.4 is 10.6 Å². The Balaban J connectivity index is 1.62. The van der Waals surface area contributed by atoms with Gasteiger partial charge in [0.2, 0.25) is 0 Å². The molecule has 3 rings (SSSR count). The number of aryl methyl sites for hydroxylation is 2. The van der Waals surface area contributed by atoms with Gasteiger partial charge >= 0.3 is 6.03 Å². The van der Waals surface area contributed by atoms with Gasteiger partial charge in [-0.05, 0) is 32.0 Å². The molecule has 0 fully saturated rings. The third kappa shape index (κ3) is 3.06. The summed E-state index contributed by atoms with van der Waals surface area (Å²) in [5.41, 5.74) is 2.48. The Labute approximate surface area is 131 Å². The molecule has 2 amide bonds. The van der Waals surface area contributed by atoms with Crippen molar-refractivity contribution in [3.05, 3.63) is 35.1 Å². The molecule has 0 saturated carbocycles. The van der Waals surface area contributed by atoms with Crippen LogP contribution in [0.5, 0.6) is 0 Å². The maximum atomic E-state index is 12.0. The molecule has 2 aromatic heterocycles. The van der Waals surface area contributed by atoms with Crippen LogP contribution in [0.25, 0.3) is 10.2 Å². The van der Waals surface area contributed by atoms with Crippen LogP contribution in [0.4, 0.5) is 10.5 Å². The summed E-state index contributed by atoms with van der Waals surface area (Å²) in [5.74, 6) is 0. The first-order chi connectivity index (χ1) is 10.7. The Morgan fingerprint density at radius 2 is 2.27 bits per heavy atom. The molecular formula is C14H16N6OS. The summed E-state index contributed by atoms with van der Waals surface area (Å²) in [6.07, 6.45) is 1.65. The lowest BCUT2D eigenvalue weighted by Crippen LogP contribution is -2.29. The molecule has 0 saturated heterocycles. The van der Waals surface area contributed by atoms with E-state index in [9.17, 15) is 4.79 Å². The van der Waals surface area contributed by atoms with Gasteiger partial charge in [-0.3, -0.25) is 0 Å². The first kappa shape index (κ1) is 14.5. The van der Waals surface area contributed by atoms with E-state index in [4.69, 9.17) is 0 Å². The van der Waals surface area contributed by atoms with Gasteiger partial charge in [0.15, 0.2) is 0 Å². The van der Waals surface area contributed by atoms with E-state index >= 15 is 0 Å². The number of carbonyl (C=O) groups is 1. The Morgan fingerprint density at radius 3 is 3.09 bits per heavy atom. The highest BCUT2D eigenvalue weighted by atomic mass is 32.1. The van der Waals surface area contributed by atoms with Crippen LogP contribution in [-0.2, 0) is 13.1 Å². The zero-order valence-electron chi connectivity index (χ0n) is 12.3. The highest BCUT2D eigenvalue weighted by Gasteiger charge is 2.07. The molecule has 7 nitrogen and oxygen atoms in total. The highest BCUT2D eigenvalue weighted by Crippen LogP contribution is 2.24. The van der Waals surface area contributed by atoms with Crippen LogP contribution in [0, 0.1) is 6.92 Å². The smallest absolute Gasteiger partial charge is 0.319 e. The third-order valence-corrected chi connectivity index (χ3v) is 4.13. The molecule has 0 bridgehead atoms. The summed E-state index contributed by atoms with van der Waals surface area (Å²) in [7, 11) is 0. The van der Waals surface area contributed by atoms with Gasteiger partial charge in [0.05, 0.1) is 33.7 Å². The van der Waals surface area contributed by atoms with E-state index in [2.05, 4.69) is 25.9 Å². The van der Waals surface area contributed by atoms with Crippen molar-refractivity contribution in [3.8, 4) is 0 Å². The molecule has 0 aliphatic rings. The first-order valence-electron chi connectivity index (χ1n) is 6.95. The number of hydrogen-bond donors (Lipinski definition) is 2. The number of rotatable bonds is 4. The van der Waals surface area contributed by atoms with E-state index in [1.54, 1.807) is 22.2 Å². The fourth-order valence-corrected chi connectivity index (χ4v) is 2.96. The van der Waals surface area contributed by atoms with Crippen LogP contribution >= 0.6 is 11.3 Å². The maximum Gasteiger partial charge on any atom is 0.319 e. The van der Waals surface area contributed by atoms with Crippen molar-refractivity contribution in [1.82, 2.24) is 25.3 Å². The predicted molar refractivity (Wildman–Crippen MR) is 85.9 cm³/mol. The van der Waals surface area contributed by atoms with Crippen LogP contribution in [0.2, 0.25) is 0 Å². The van der Waals surface area contributed by atoms with Gasteiger partial charge in [0.25, 0.3) is 0 Å². The van der Waals surface area contributed by atoms with Gasteiger partial charge in [0.1, 0.15) is 0 Å². The second-order valence-corrected chi connectivity index (χ2v) is 6.00. The van der Waals surface area contributed by atoms with Crippen LogP contribution in [0.1, 0.15) is 17.6 Å². The lowest BCUT2D eigenvalue weighted by atomic mass is 10.3. The third-order valence-electron chi connectivity index (χ3n) is 3.18. The summed E-state index contributed by atoms with van der Waals surface area (Å²) >= 11 is 1.64. The average Bonchev–Trinajstić information content (AvgIpc) is 3.09. The predicted octanol–water partition coefficient (Wildman–Crippen LogP) is 2.54. The summed E-state index contributed by atoms with van der Waals surface area (Å²) in [4.78, 5) is 16.4. The molecule has 0 spiro atoms. The summed E-state index contributed by atoms with van der Waals surface area (Å²) < 4.78 is 2.85. The fourth-order valence-electron chi connectivity index (χ4n) is 2.15. The fraction of sp³-hybridized carbons (Fsp3) is 0.286. The van der Waals surface area contributed by atoms with Gasteiger partial charge in [-0.15, -0.1) is 16.4 Å². The zero-order valence-corrected chi connectivity index (χ0v) is 13.1. The van der Waals surface area contributed by atoms with E-state index in [0.717, 1.165) is 33.2 Å². The van der Waals surface area contributed by atoms with Crippen LogP contribution in [0.15, 0.2) is 24.4 Å². The number of carbonyl (C=O) groups excluding carboxylic acids is 1. The minimum absolute atomic E-state index is 0.268. The van der Waals surface area contributed by atoms with E-state index in [0.29, 0.717) is 6.54 Å². The number of benzene rings is 1. The van der Waals surface area contributed by atoms with E-state index < -0.39 is 0 Å². The Hall–Kier alpha value is -2.48. The normalized spacial score (nSPS) is 10.8. The second-order valence-electron chi connectivity index (χ2n) is 4.76. The van der Waals surface area contributed by atoms with Crippen LogP contribution in [0.3, 0.4) is 0 Å². The molecule has 0 unspecified atom stereocenters. The number of thiazole rings is 1. The standard InChI is InChI=1S/C14H16N6OS/c1-3-20-11(8-16-19-20)7-15-14(21)18-10-4-5-13-12(6-10)17-9(2)22-13/h4-6,8H,3,7H2,1-2H3,(H2,15,18,21). The molecule has 2 N–H and O–H groups in total. The average molecular weight is 316 g/mol. The monoisotopic (exact) mass is 316 g/mol. The second kappa shape index (κ2) is 6.10. The van der Waals surface area contributed by atoms with Gasteiger partial charge in [-0.25, -0.2) is 14.5 Å². The molecule has 1 aromatic carbocycles. The number of urea groups is 1. The molecule has 3 aromatic rings. The van der Waals surface area contributed by atoms with E-state index in [1.807, 2.05) is 32.0 Å². The Morgan fingerprint density at radius 1 is 1.41 bits per heavy atom. The molecule has 0 aliphatic heterocycles. The van der Waals surface area contributed by atoms with Crippen molar-refractivity contribution in [2.75, 3.05) is 5.32 Å². The van der Waals surface area contributed by atoms with E-state index in [1.165, 1.54) is 0 Å². The molecular weight excluding hydrogens is 300 g/mol. The van der Waals surface area contributed by atoms with Crippen molar-refractivity contribution >= 4 is 33.3 Å². The quantitative estimate of drug-likeness (QED) is 0.774. The van der Waals surface area contributed by atoms with Crippen molar-refractivity contribution in [2.45, 2.75) is 26.9 Å². The largest absolute Gasteiger partial charge is 0.332 e. The van der Waals surface area contributed by atoms with Gasteiger partial charge in [-0.1, -0.05) is 5.21 Å². The highest BCUT2D eigenvalue weighted by molar-refractivity contribution is 7.18. The lowest BCUT2D eigenvalue weighted by Gasteiger charge is -2.08. The van der Waals surface area contributed by atoms with E-state index in [-0.39, 0.29) is 6.03 Å². The molecule has 0 aliphatic carbocycles. The van der Waals surface area contributed by atoms with Crippen molar-refractivity contribution < 1.29 is 4.79 Å². The molecule has 2 heterocycles. The summed E-state index contributed by atoms with van der Waals surface area (Å²) in [6, 6.07) is 5.44. The first-order valence-corrected chi connectivity index (χ1v) is 7.77. The number of amides is 2. The van der Waals surface area contributed by atoms with Crippen molar-refractivity contribution in [1.29, 1.82) is 0 Å². The lowest BCUT2D eigenvalue weighted by molar-refractivity contribution is 0.251. The van der Waals surface area contributed by atoms with Crippen molar-refractivity contribution in [3.63, 3.8) is 0 Å².